The first kappa shape index (κ1) is 14.8. The molecule has 1 amide bonds. The van der Waals surface area contributed by atoms with Gasteiger partial charge in [0.1, 0.15) is 0 Å². The van der Waals surface area contributed by atoms with Gasteiger partial charge >= 0.3 is 0 Å². The molecule has 2 rings (SSSR count). The summed E-state index contributed by atoms with van der Waals surface area (Å²) in [4.78, 5) is 13.5. The van der Waals surface area contributed by atoms with Crippen LogP contribution in [0.2, 0.25) is 0 Å². The van der Waals surface area contributed by atoms with Gasteiger partial charge in [0.25, 0.3) is 0 Å². The van der Waals surface area contributed by atoms with Gasteiger partial charge in [-0.05, 0) is 32.6 Å². The number of rotatable bonds is 4. The summed E-state index contributed by atoms with van der Waals surface area (Å²) in [5.41, 5.74) is -0.00608. The molecule has 5 heteroatoms. The number of amides is 1. The van der Waals surface area contributed by atoms with Crippen LogP contribution in [0.4, 0.5) is 0 Å². The van der Waals surface area contributed by atoms with E-state index < -0.39 is 0 Å². The number of carbonyl (C=O) groups is 1. The zero-order valence-corrected chi connectivity index (χ0v) is 12.1. The highest BCUT2D eigenvalue weighted by atomic mass is 16.5. The Balaban J connectivity index is 1.79. The molecule has 2 aliphatic rings. The van der Waals surface area contributed by atoms with Crippen LogP contribution < -0.4 is 5.32 Å². The first-order valence-corrected chi connectivity index (χ1v) is 7.34. The largest absolute Gasteiger partial charge is 0.381 e. The molecule has 1 atom stereocenters. The van der Waals surface area contributed by atoms with Gasteiger partial charge in [-0.2, -0.15) is 0 Å². The Bertz CT molecular complexity index is 298. The lowest BCUT2D eigenvalue weighted by Gasteiger charge is -2.43. The van der Waals surface area contributed by atoms with Crippen LogP contribution in [-0.2, 0) is 14.3 Å². The van der Waals surface area contributed by atoms with Gasteiger partial charge in [-0.1, -0.05) is 0 Å². The lowest BCUT2D eigenvalue weighted by molar-refractivity contribution is -0.142. The molecule has 0 aliphatic carbocycles. The van der Waals surface area contributed by atoms with Crippen LogP contribution in [0.15, 0.2) is 0 Å². The maximum Gasteiger partial charge on any atom is 0.236 e. The van der Waals surface area contributed by atoms with E-state index in [9.17, 15) is 4.79 Å². The first-order valence-electron chi connectivity index (χ1n) is 7.34. The van der Waals surface area contributed by atoms with Crippen LogP contribution in [0, 0.1) is 0 Å². The van der Waals surface area contributed by atoms with Gasteiger partial charge in [-0.25, -0.2) is 0 Å². The van der Waals surface area contributed by atoms with Crippen molar-refractivity contribution in [1.29, 1.82) is 0 Å². The van der Waals surface area contributed by atoms with Crippen LogP contribution in [0.1, 0.15) is 32.6 Å². The first-order chi connectivity index (χ1) is 9.15. The second-order valence-electron chi connectivity index (χ2n) is 5.62. The molecular weight excluding hydrogens is 244 g/mol. The Morgan fingerprint density at radius 1 is 1.37 bits per heavy atom. The van der Waals surface area contributed by atoms with E-state index in [1.807, 2.05) is 14.0 Å². The average Bonchev–Trinajstić information content (AvgIpc) is 2.45. The van der Waals surface area contributed by atoms with Crippen molar-refractivity contribution in [2.75, 3.05) is 40.0 Å². The molecule has 1 N–H and O–H groups in total. The molecule has 110 valence electrons. The molecular formula is C14H26N2O3. The number of hydrogen-bond donors (Lipinski definition) is 1. The third-order valence-corrected chi connectivity index (χ3v) is 4.34. The quantitative estimate of drug-likeness (QED) is 0.820. The number of ether oxygens (including phenoxy) is 2. The number of nitrogens with one attached hydrogen (secondary N) is 1. The van der Waals surface area contributed by atoms with Crippen molar-refractivity contribution in [1.82, 2.24) is 10.2 Å². The van der Waals surface area contributed by atoms with E-state index in [1.165, 1.54) is 0 Å². The molecule has 0 aromatic rings. The minimum Gasteiger partial charge on any atom is -0.381 e. The van der Waals surface area contributed by atoms with E-state index in [2.05, 4.69) is 5.32 Å². The number of hydrogen-bond acceptors (Lipinski definition) is 4. The van der Waals surface area contributed by atoms with E-state index in [0.717, 1.165) is 52.0 Å². The van der Waals surface area contributed by atoms with Crippen molar-refractivity contribution < 1.29 is 14.3 Å². The molecule has 19 heavy (non-hydrogen) atoms. The predicted octanol–water partition coefficient (Wildman–Crippen LogP) is 0.783. The average molecular weight is 270 g/mol. The SMILES string of the molecule is CCN(C)C(=O)CNC1CCOC2(CCOCC2)C1. The van der Waals surface area contributed by atoms with Gasteiger partial charge in [0.05, 0.1) is 12.1 Å². The van der Waals surface area contributed by atoms with Crippen LogP contribution >= 0.6 is 0 Å². The highest BCUT2D eigenvalue weighted by Gasteiger charge is 2.38. The van der Waals surface area contributed by atoms with Gasteiger partial charge in [-0.15, -0.1) is 0 Å². The monoisotopic (exact) mass is 270 g/mol. The normalized spacial score (nSPS) is 26.3. The van der Waals surface area contributed by atoms with Crippen LogP contribution in [0.3, 0.4) is 0 Å². The van der Waals surface area contributed by atoms with E-state index in [4.69, 9.17) is 9.47 Å². The van der Waals surface area contributed by atoms with Gasteiger partial charge in [-0.3, -0.25) is 4.79 Å². The van der Waals surface area contributed by atoms with Gasteiger partial charge in [0.2, 0.25) is 5.91 Å². The highest BCUT2D eigenvalue weighted by Crippen LogP contribution is 2.34. The Morgan fingerprint density at radius 2 is 2.11 bits per heavy atom. The van der Waals surface area contributed by atoms with Crippen molar-refractivity contribution in [2.24, 2.45) is 0 Å². The zero-order valence-electron chi connectivity index (χ0n) is 12.1. The minimum atomic E-state index is -0.00608. The predicted molar refractivity (Wildman–Crippen MR) is 73.1 cm³/mol. The van der Waals surface area contributed by atoms with Crippen molar-refractivity contribution in [2.45, 2.75) is 44.2 Å². The molecule has 0 bridgehead atoms. The van der Waals surface area contributed by atoms with E-state index in [-0.39, 0.29) is 11.5 Å². The second kappa shape index (κ2) is 6.68. The zero-order chi connectivity index (χ0) is 13.7. The Labute approximate surface area is 115 Å². The summed E-state index contributed by atoms with van der Waals surface area (Å²) < 4.78 is 11.4. The number of likely N-dealkylation sites (N-methyl/N-ethyl adjacent to an activating group) is 1. The summed E-state index contributed by atoms with van der Waals surface area (Å²) in [5.74, 6) is 0.162. The van der Waals surface area contributed by atoms with Crippen LogP contribution in [0.5, 0.6) is 0 Å². The van der Waals surface area contributed by atoms with Gasteiger partial charge < -0.3 is 19.7 Å². The summed E-state index contributed by atoms with van der Waals surface area (Å²) in [6.45, 7) is 5.56. The number of nitrogens with zero attached hydrogens (tertiary/aromatic N) is 1. The summed E-state index contributed by atoms with van der Waals surface area (Å²) >= 11 is 0. The Morgan fingerprint density at radius 3 is 2.79 bits per heavy atom. The maximum absolute atomic E-state index is 11.8. The van der Waals surface area contributed by atoms with Crippen molar-refractivity contribution >= 4 is 5.91 Å². The Kier molecular flexibility index (Phi) is 5.19. The molecule has 2 saturated heterocycles. The van der Waals surface area contributed by atoms with Crippen molar-refractivity contribution in [3.8, 4) is 0 Å². The topological polar surface area (TPSA) is 50.8 Å². The summed E-state index contributed by atoms with van der Waals surface area (Å²) in [7, 11) is 1.84. The smallest absolute Gasteiger partial charge is 0.236 e. The third-order valence-electron chi connectivity index (χ3n) is 4.34. The Hall–Kier alpha value is -0.650. The molecule has 0 aromatic heterocycles. The standard InChI is InChI=1S/C14H26N2O3/c1-3-16(2)13(17)11-15-12-4-7-19-14(10-12)5-8-18-9-6-14/h12,15H,3-11H2,1-2H3. The lowest BCUT2D eigenvalue weighted by Crippen LogP contribution is -2.51. The van der Waals surface area contributed by atoms with Crippen molar-refractivity contribution in [3.05, 3.63) is 0 Å². The van der Waals surface area contributed by atoms with E-state index in [0.29, 0.717) is 12.6 Å². The van der Waals surface area contributed by atoms with E-state index in [1.54, 1.807) is 4.90 Å². The molecule has 2 heterocycles. The molecule has 0 aromatic carbocycles. The summed E-state index contributed by atoms with van der Waals surface area (Å²) in [6, 6.07) is 0.390. The van der Waals surface area contributed by atoms with Crippen LogP contribution in [-0.4, -0.2) is 62.4 Å². The fraction of sp³-hybridized carbons (Fsp3) is 0.929. The maximum atomic E-state index is 11.8. The molecule has 5 nitrogen and oxygen atoms in total. The second-order valence-corrected chi connectivity index (χ2v) is 5.62. The molecule has 0 radical (unpaired) electrons. The van der Waals surface area contributed by atoms with Gasteiger partial charge in [0.15, 0.2) is 0 Å². The van der Waals surface area contributed by atoms with E-state index >= 15 is 0 Å². The molecule has 1 unspecified atom stereocenters. The fourth-order valence-corrected chi connectivity index (χ4v) is 2.84. The lowest BCUT2D eigenvalue weighted by atomic mass is 9.84. The number of carbonyl (C=O) groups excluding carboxylic acids is 1. The molecule has 1 spiro atoms. The highest BCUT2D eigenvalue weighted by molar-refractivity contribution is 5.77. The molecule has 0 saturated carbocycles. The third kappa shape index (κ3) is 3.91. The van der Waals surface area contributed by atoms with Gasteiger partial charge in [0, 0.05) is 39.5 Å². The minimum absolute atomic E-state index is 0.00608. The van der Waals surface area contributed by atoms with Crippen molar-refractivity contribution in [3.63, 3.8) is 0 Å². The summed E-state index contributed by atoms with van der Waals surface area (Å²) in [5, 5.41) is 3.40. The fourth-order valence-electron chi connectivity index (χ4n) is 2.84. The molecule has 2 fully saturated rings. The molecule has 2 aliphatic heterocycles. The summed E-state index contributed by atoms with van der Waals surface area (Å²) in [6.07, 6.45) is 3.95. The van der Waals surface area contributed by atoms with Crippen LogP contribution in [0.25, 0.3) is 0 Å².